The molecule has 140 valence electrons. The highest BCUT2D eigenvalue weighted by molar-refractivity contribution is 6.10. The maximum atomic E-state index is 13.2. The summed E-state index contributed by atoms with van der Waals surface area (Å²) in [4.78, 5) is 37.5. The minimum absolute atomic E-state index is 0.221. The molecule has 3 aliphatic rings. The maximum absolute atomic E-state index is 13.2. The number of allylic oxidation sites excluding steroid dienone is 2. The summed E-state index contributed by atoms with van der Waals surface area (Å²) in [7, 11) is 1.70. The number of rotatable bonds is 3. The summed E-state index contributed by atoms with van der Waals surface area (Å²) in [6.45, 7) is 9.89. The highest BCUT2D eigenvalue weighted by Gasteiger charge is 2.55. The normalized spacial score (nSPS) is 24.5. The third-order valence-electron chi connectivity index (χ3n) is 5.34. The van der Waals surface area contributed by atoms with E-state index < -0.39 is 12.2 Å². The molecule has 2 unspecified atom stereocenters. The summed E-state index contributed by atoms with van der Waals surface area (Å²) in [5.41, 5.74) is 3.74. The number of carbonyl (C=O) groups is 2. The zero-order chi connectivity index (χ0) is 19.5. The molecule has 1 saturated heterocycles. The second kappa shape index (κ2) is 5.97. The average molecular weight is 365 g/mol. The van der Waals surface area contributed by atoms with Crippen LogP contribution in [0.4, 0.5) is 10.5 Å². The lowest BCUT2D eigenvalue weighted by Crippen LogP contribution is -2.64. The number of hydrogen-bond donors (Lipinski definition) is 0. The lowest BCUT2D eigenvalue weighted by atomic mass is 10.1. The average Bonchev–Trinajstić information content (AvgIpc) is 3.14. The number of amides is 3. The smallest absolute Gasteiger partial charge is 0.302 e. The van der Waals surface area contributed by atoms with Crippen LogP contribution < -0.4 is 4.90 Å². The number of urea groups is 1. The van der Waals surface area contributed by atoms with E-state index in [2.05, 4.69) is 6.58 Å². The van der Waals surface area contributed by atoms with E-state index in [1.807, 2.05) is 60.9 Å². The minimum Gasteiger partial charge on any atom is -0.302 e. The molecule has 1 fully saturated rings. The number of carbonyl (C=O) groups excluding carboxylic acids is 2. The maximum Gasteiger partial charge on any atom is 0.328 e. The summed E-state index contributed by atoms with van der Waals surface area (Å²) in [6, 6.07) is 9.04. The van der Waals surface area contributed by atoms with E-state index in [0.717, 1.165) is 22.7 Å². The lowest BCUT2D eigenvalue weighted by Gasteiger charge is -2.40. The Balaban J connectivity index is 1.77. The van der Waals surface area contributed by atoms with Gasteiger partial charge in [-0.15, -0.1) is 0 Å². The molecule has 7 nitrogen and oxygen atoms in total. The molecule has 0 N–H and O–H groups in total. The number of fused-ring (bicyclic) bond motifs is 3. The summed E-state index contributed by atoms with van der Waals surface area (Å²) in [6.07, 6.45) is -0.532. The first-order valence-corrected chi connectivity index (χ1v) is 8.95. The minimum atomic E-state index is -0.550. The monoisotopic (exact) mass is 365 g/mol. The molecule has 7 heteroatoms. The van der Waals surface area contributed by atoms with Gasteiger partial charge in [0.25, 0.3) is 5.91 Å². The van der Waals surface area contributed by atoms with Crippen molar-refractivity contribution < 1.29 is 9.59 Å². The Kier molecular flexibility index (Phi) is 3.83. The van der Waals surface area contributed by atoms with E-state index in [1.165, 1.54) is 4.90 Å². The fraction of sp³-hybridized carbons (Fsp3) is 0.350. The topological polar surface area (TPSA) is 59.5 Å². The standard InChI is InChI=1S/C20H23N5O2/c1-12(2)11-23-18(26)16-17(22(5)20(23)27)21-19-24(13(3)14(4)25(16)19)15-9-7-6-8-10-15/h6-10,16-17H,1,11H2,2-5H3. The molecule has 0 radical (unpaired) electrons. The Labute approximate surface area is 158 Å². The quantitative estimate of drug-likeness (QED) is 0.773. The summed E-state index contributed by atoms with van der Waals surface area (Å²) in [5.74, 6) is 0.461. The molecule has 2 atom stereocenters. The number of guanidine groups is 1. The molecule has 0 spiro atoms. The van der Waals surface area contributed by atoms with E-state index in [0.29, 0.717) is 5.96 Å². The van der Waals surface area contributed by atoms with Gasteiger partial charge in [-0.05, 0) is 32.9 Å². The van der Waals surface area contributed by atoms with Gasteiger partial charge in [-0.25, -0.2) is 9.79 Å². The summed E-state index contributed by atoms with van der Waals surface area (Å²) < 4.78 is 0. The van der Waals surface area contributed by atoms with Crippen LogP contribution in [0.25, 0.3) is 0 Å². The number of likely N-dealkylation sites (N-methyl/N-ethyl adjacent to an activating group) is 1. The van der Waals surface area contributed by atoms with Crippen LogP contribution in [0.1, 0.15) is 20.8 Å². The first-order valence-electron chi connectivity index (χ1n) is 8.95. The van der Waals surface area contributed by atoms with E-state index in [9.17, 15) is 9.59 Å². The Morgan fingerprint density at radius 1 is 1.15 bits per heavy atom. The van der Waals surface area contributed by atoms with Crippen LogP contribution in [-0.2, 0) is 4.79 Å². The van der Waals surface area contributed by atoms with Crippen molar-refractivity contribution in [2.45, 2.75) is 33.0 Å². The van der Waals surface area contributed by atoms with Gasteiger partial charge in [-0.3, -0.25) is 19.5 Å². The predicted molar refractivity (Wildman–Crippen MR) is 104 cm³/mol. The third kappa shape index (κ3) is 2.38. The largest absolute Gasteiger partial charge is 0.328 e. The Hall–Kier alpha value is -3.09. The molecule has 0 aromatic heterocycles. The van der Waals surface area contributed by atoms with E-state index in [4.69, 9.17) is 4.99 Å². The second-order valence-electron chi connectivity index (χ2n) is 7.27. The van der Waals surface area contributed by atoms with Crippen molar-refractivity contribution in [3.8, 4) is 0 Å². The van der Waals surface area contributed by atoms with Gasteiger partial charge < -0.3 is 4.90 Å². The van der Waals surface area contributed by atoms with Crippen molar-refractivity contribution in [2.24, 2.45) is 4.99 Å². The summed E-state index contributed by atoms with van der Waals surface area (Å²) in [5, 5.41) is 0. The molecule has 0 saturated carbocycles. The number of para-hydroxylation sites is 1. The van der Waals surface area contributed by atoms with Crippen LogP contribution in [0.5, 0.6) is 0 Å². The van der Waals surface area contributed by atoms with Gasteiger partial charge in [-0.1, -0.05) is 30.4 Å². The molecule has 3 amide bonds. The Morgan fingerprint density at radius 2 is 1.81 bits per heavy atom. The van der Waals surface area contributed by atoms with Crippen molar-refractivity contribution >= 4 is 23.6 Å². The summed E-state index contributed by atoms with van der Waals surface area (Å²) >= 11 is 0. The van der Waals surface area contributed by atoms with Crippen molar-refractivity contribution in [3.63, 3.8) is 0 Å². The van der Waals surface area contributed by atoms with Crippen LogP contribution in [0.2, 0.25) is 0 Å². The first-order chi connectivity index (χ1) is 12.8. The van der Waals surface area contributed by atoms with Crippen LogP contribution in [0.15, 0.2) is 58.9 Å². The molecular weight excluding hydrogens is 342 g/mol. The van der Waals surface area contributed by atoms with Gasteiger partial charge >= 0.3 is 6.03 Å². The van der Waals surface area contributed by atoms with E-state index in [1.54, 1.807) is 11.9 Å². The van der Waals surface area contributed by atoms with Gasteiger partial charge in [0.2, 0.25) is 5.96 Å². The van der Waals surface area contributed by atoms with Crippen LogP contribution in [0.3, 0.4) is 0 Å². The molecule has 4 rings (SSSR count). The number of benzene rings is 1. The third-order valence-corrected chi connectivity index (χ3v) is 5.34. The lowest BCUT2D eigenvalue weighted by molar-refractivity contribution is -0.136. The predicted octanol–water partition coefficient (Wildman–Crippen LogP) is 2.59. The van der Waals surface area contributed by atoms with Crippen molar-refractivity contribution in [1.29, 1.82) is 0 Å². The molecule has 0 aliphatic carbocycles. The molecule has 27 heavy (non-hydrogen) atoms. The fourth-order valence-electron chi connectivity index (χ4n) is 3.91. The van der Waals surface area contributed by atoms with Crippen molar-refractivity contribution in [2.75, 3.05) is 18.5 Å². The van der Waals surface area contributed by atoms with Gasteiger partial charge in [0, 0.05) is 24.1 Å². The number of anilines is 1. The molecule has 0 bridgehead atoms. The van der Waals surface area contributed by atoms with Crippen LogP contribution in [0, 0.1) is 0 Å². The second-order valence-corrected chi connectivity index (χ2v) is 7.27. The zero-order valence-electron chi connectivity index (χ0n) is 16.0. The zero-order valence-corrected chi connectivity index (χ0v) is 16.0. The molecule has 1 aromatic rings. The molecule has 1 aromatic carbocycles. The van der Waals surface area contributed by atoms with Crippen molar-refractivity contribution in [3.05, 3.63) is 53.9 Å². The van der Waals surface area contributed by atoms with Gasteiger partial charge in [0.15, 0.2) is 12.2 Å². The number of hydrogen-bond acceptors (Lipinski definition) is 5. The first kappa shape index (κ1) is 17.3. The van der Waals surface area contributed by atoms with Gasteiger partial charge in [-0.2, -0.15) is 0 Å². The fourth-order valence-corrected chi connectivity index (χ4v) is 3.91. The number of imide groups is 1. The SMILES string of the molecule is C=C(C)CN1C(=O)C2C(N=C3N(c4ccccc4)C(C)=C(C)N32)N(C)C1=O. The van der Waals surface area contributed by atoms with Crippen LogP contribution in [-0.4, -0.2) is 58.4 Å². The Bertz CT molecular complexity index is 904. The Morgan fingerprint density at radius 3 is 2.44 bits per heavy atom. The highest BCUT2D eigenvalue weighted by Crippen LogP contribution is 2.39. The highest BCUT2D eigenvalue weighted by atomic mass is 16.2. The van der Waals surface area contributed by atoms with Gasteiger partial charge in [0.05, 0.1) is 6.54 Å². The number of nitrogens with zero attached hydrogens (tertiary/aromatic N) is 5. The number of aliphatic imine (C=N–C) groups is 1. The molecule has 3 heterocycles. The van der Waals surface area contributed by atoms with Gasteiger partial charge in [0.1, 0.15) is 0 Å². The molecule has 3 aliphatic heterocycles. The van der Waals surface area contributed by atoms with Crippen LogP contribution >= 0.6 is 0 Å². The molecular formula is C20H23N5O2. The van der Waals surface area contributed by atoms with Crippen molar-refractivity contribution in [1.82, 2.24) is 14.7 Å². The van der Waals surface area contributed by atoms with E-state index in [-0.39, 0.29) is 18.5 Å². The van der Waals surface area contributed by atoms with E-state index >= 15 is 0 Å².